The Labute approximate surface area is 120 Å². The van der Waals surface area contributed by atoms with Crippen LogP contribution < -0.4 is 16.4 Å². The third-order valence-electron chi connectivity index (χ3n) is 2.70. The van der Waals surface area contributed by atoms with Crippen LogP contribution in [0.3, 0.4) is 0 Å². The molecule has 5 nitrogen and oxygen atoms in total. The molecule has 0 unspecified atom stereocenters. The molecule has 2 aromatic rings. The molecule has 6 heteroatoms. The van der Waals surface area contributed by atoms with E-state index in [-0.39, 0.29) is 18.4 Å². The summed E-state index contributed by atoms with van der Waals surface area (Å²) < 4.78 is 0. The molecule has 0 saturated carbocycles. The average Bonchev–Trinajstić information content (AvgIpc) is 2.96. The minimum Gasteiger partial charge on any atom is -0.325 e. The Kier molecular flexibility index (Phi) is 4.49. The highest BCUT2D eigenvalue weighted by Gasteiger charge is 2.09. The summed E-state index contributed by atoms with van der Waals surface area (Å²) in [5, 5.41) is 7.33. The summed E-state index contributed by atoms with van der Waals surface area (Å²) in [5.74, 6) is -0.435. The van der Waals surface area contributed by atoms with Crippen molar-refractivity contribution in [1.29, 1.82) is 0 Å². The molecule has 20 heavy (non-hydrogen) atoms. The molecule has 0 radical (unpaired) electrons. The number of carbonyl (C=O) groups excluding carboxylic acids is 2. The maximum atomic E-state index is 11.9. The third-order valence-corrected chi connectivity index (χ3v) is 3.57. The molecular formula is C14H15N3O2S. The fraction of sp³-hybridized carbons (Fsp3) is 0.143. The quantitative estimate of drug-likeness (QED) is 0.806. The standard InChI is InChI=1S/C14H15N3O2S/c1-9-4-5-10(7-11(9)17-13(18)8-15)16-14(19)12-3-2-6-20-12/h2-7H,8,15H2,1H3,(H,16,19)(H,17,18). The summed E-state index contributed by atoms with van der Waals surface area (Å²) in [6.07, 6.45) is 0. The lowest BCUT2D eigenvalue weighted by atomic mass is 10.1. The number of carbonyl (C=O) groups is 2. The summed E-state index contributed by atoms with van der Waals surface area (Å²) in [6, 6.07) is 8.91. The predicted octanol–water partition coefficient (Wildman–Crippen LogP) is 2.21. The van der Waals surface area contributed by atoms with Crippen LogP contribution in [0.1, 0.15) is 15.2 Å². The Bertz CT molecular complexity index is 623. The first-order valence-corrected chi connectivity index (χ1v) is 6.93. The molecule has 1 heterocycles. The number of nitrogens with two attached hydrogens (primary N) is 1. The van der Waals surface area contributed by atoms with Crippen molar-refractivity contribution >= 4 is 34.5 Å². The number of anilines is 2. The van der Waals surface area contributed by atoms with Crippen LogP contribution in [-0.4, -0.2) is 18.4 Å². The lowest BCUT2D eigenvalue weighted by molar-refractivity contribution is -0.114. The first-order valence-electron chi connectivity index (χ1n) is 6.05. The van der Waals surface area contributed by atoms with E-state index in [9.17, 15) is 9.59 Å². The van der Waals surface area contributed by atoms with Crippen LogP contribution in [0.4, 0.5) is 11.4 Å². The maximum Gasteiger partial charge on any atom is 0.265 e. The second-order valence-corrected chi connectivity index (χ2v) is 5.16. The van der Waals surface area contributed by atoms with Crippen LogP contribution >= 0.6 is 11.3 Å². The molecule has 0 saturated heterocycles. The van der Waals surface area contributed by atoms with Gasteiger partial charge in [0.25, 0.3) is 5.91 Å². The van der Waals surface area contributed by atoms with Gasteiger partial charge in [-0.1, -0.05) is 12.1 Å². The molecule has 0 aliphatic carbocycles. The Morgan fingerprint density at radius 1 is 1.25 bits per heavy atom. The second kappa shape index (κ2) is 6.31. The van der Waals surface area contributed by atoms with Gasteiger partial charge in [0.15, 0.2) is 0 Å². The Balaban J connectivity index is 2.15. The summed E-state index contributed by atoms with van der Waals surface area (Å²) >= 11 is 1.37. The molecule has 2 rings (SSSR count). The van der Waals surface area contributed by atoms with Crippen molar-refractivity contribution in [2.75, 3.05) is 17.2 Å². The zero-order valence-corrected chi connectivity index (χ0v) is 11.8. The molecule has 0 aliphatic rings. The minimum atomic E-state index is -0.269. The van der Waals surface area contributed by atoms with E-state index in [0.717, 1.165) is 5.56 Å². The lowest BCUT2D eigenvalue weighted by Gasteiger charge is -2.10. The maximum absolute atomic E-state index is 11.9. The number of hydrogen-bond acceptors (Lipinski definition) is 4. The van der Waals surface area contributed by atoms with E-state index in [4.69, 9.17) is 5.73 Å². The van der Waals surface area contributed by atoms with E-state index in [1.54, 1.807) is 18.2 Å². The Morgan fingerprint density at radius 3 is 2.70 bits per heavy atom. The minimum absolute atomic E-state index is 0.0782. The fourth-order valence-electron chi connectivity index (χ4n) is 1.64. The Morgan fingerprint density at radius 2 is 2.05 bits per heavy atom. The molecular weight excluding hydrogens is 274 g/mol. The van der Waals surface area contributed by atoms with Crippen LogP contribution in [0.25, 0.3) is 0 Å². The third kappa shape index (κ3) is 3.43. The van der Waals surface area contributed by atoms with Gasteiger partial charge in [0, 0.05) is 11.4 Å². The van der Waals surface area contributed by atoms with Crippen LogP contribution in [0.15, 0.2) is 35.7 Å². The van der Waals surface area contributed by atoms with Crippen molar-refractivity contribution in [3.8, 4) is 0 Å². The van der Waals surface area contributed by atoms with Crippen LogP contribution in [0.2, 0.25) is 0 Å². The molecule has 1 aromatic carbocycles. The summed E-state index contributed by atoms with van der Waals surface area (Å²) in [7, 11) is 0. The summed E-state index contributed by atoms with van der Waals surface area (Å²) in [6.45, 7) is 1.79. The van der Waals surface area contributed by atoms with E-state index in [2.05, 4.69) is 10.6 Å². The molecule has 0 bridgehead atoms. The van der Waals surface area contributed by atoms with Crippen LogP contribution in [0.5, 0.6) is 0 Å². The first kappa shape index (κ1) is 14.2. The van der Waals surface area contributed by atoms with E-state index in [1.807, 2.05) is 24.4 Å². The normalized spacial score (nSPS) is 10.1. The highest BCUT2D eigenvalue weighted by molar-refractivity contribution is 7.12. The van der Waals surface area contributed by atoms with Gasteiger partial charge in [0.2, 0.25) is 5.91 Å². The topological polar surface area (TPSA) is 84.2 Å². The molecule has 104 valence electrons. The number of aryl methyl sites for hydroxylation is 1. The highest BCUT2D eigenvalue weighted by atomic mass is 32.1. The summed E-state index contributed by atoms with van der Waals surface area (Å²) in [5.41, 5.74) is 7.45. The van der Waals surface area contributed by atoms with Gasteiger partial charge in [-0.25, -0.2) is 0 Å². The van der Waals surface area contributed by atoms with Gasteiger partial charge in [0.1, 0.15) is 0 Å². The SMILES string of the molecule is Cc1ccc(NC(=O)c2cccs2)cc1NC(=O)CN. The van der Waals surface area contributed by atoms with Gasteiger partial charge in [-0.15, -0.1) is 11.3 Å². The number of amides is 2. The van der Waals surface area contributed by atoms with E-state index in [1.165, 1.54) is 11.3 Å². The van der Waals surface area contributed by atoms with Crippen molar-refractivity contribution in [3.05, 3.63) is 46.2 Å². The van der Waals surface area contributed by atoms with Crippen molar-refractivity contribution in [2.45, 2.75) is 6.92 Å². The first-order chi connectivity index (χ1) is 9.60. The zero-order chi connectivity index (χ0) is 14.5. The van der Waals surface area contributed by atoms with E-state index >= 15 is 0 Å². The number of nitrogens with one attached hydrogen (secondary N) is 2. The Hall–Kier alpha value is -2.18. The lowest BCUT2D eigenvalue weighted by Crippen LogP contribution is -2.22. The van der Waals surface area contributed by atoms with Gasteiger partial charge in [-0.05, 0) is 36.1 Å². The van der Waals surface area contributed by atoms with Gasteiger partial charge in [-0.3, -0.25) is 9.59 Å². The van der Waals surface area contributed by atoms with Crippen LogP contribution in [0, 0.1) is 6.92 Å². The van der Waals surface area contributed by atoms with E-state index < -0.39 is 0 Å². The smallest absolute Gasteiger partial charge is 0.265 e. The van der Waals surface area contributed by atoms with Crippen molar-refractivity contribution in [3.63, 3.8) is 0 Å². The molecule has 4 N–H and O–H groups in total. The zero-order valence-electron chi connectivity index (χ0n) is 11.0. The molecule has 0 aliphatic heterocycles. The number of rotatable bonds is 4. The molecule has 0 fully saturated rings. The van der Waals surface area contributed by atoms with Gasteiger partial charge >= 0.3 is 0 Å². The van der Waals surface area contributed by atoms with Crippen molar-refractivity contribution < 1.29 is 9.59 Å². The highest BCUT2D eigenvalue weighted by Crippen LogP contribution is 2.21. The number of hydrogen-bond donors (Lipinski definition) is 3. The monoisotopic (exact) mass is 289 g/mol. The number of benzene rings is 1. The predicted molar refractivity (Wildman–Crippen MR) is 81.1 cm³/mol. The molecule has 0 spiro atoms. The fourth-order valence-corrected chi connectivity index (χ4v) is 2.26. The number of thiophene rings is 1. The van der Waals surface area contributed by atoms with Gasteiger partial charge < -0.3 is 16.4 Å². The van der Waals surface area contributed by atoms with Crippen molar-refractivity contribution in [1.82, 2.24) is 0 Å². The largest absolute Gasteiger partial charge is 0.325 e. The van der Waals surface area contributed by atoms with Crippen molar-refractivity contribution in [2.24, 2.45) is 5.73 Å². The van der Waals surface area contributed by atoms with Crippen LogP contribution in [-0.2, 0) is 4.79 Å². The van der Waals surface area contributed by atoms with Gasteiger partial charge in [-0.2, -0.15) is 0 Å². The summed E-state index contributed by atoms with van der Waals surface area (Å²) in [4.78, 5) is 23.9. The van der Waals surface area contributed by atoms with E-state index in [0.29, 0.717) is 16.3 Å². The molecule has 0 atom stereocenters. The second-order valence-electron chi connectivity index (χ2n) is 4.21. The molecule has 2 amide bonds. The molecule has 1 aromatic heterocycles. The average molecular weight is 289 g/mol. The van der Waals surface area contributed by atoms with Gasteiger partial charge in [0.05, 0.1) is 11.4 Å².